The molecule has 0 aliphatic carbocycles. The fourth-order valence-electron chi connectivity index (χ4n) is 4.36. The third-order valence-corrected chi connectivity index (χ3v) is 6.32. The number of carbonyl (C=O) groups is 5. The van der Waals surface area contributed by atoms with E-state index in [-0.39, 0.29) is 29.5 Å². The van der Waals surface area contributed by atoms with Crippen molar-refractivity contribution in [2.75, 3.05) is 23.1 Å². The molecule has 2 aliphatic heterocycles. The van der Waals surface area contributed by atoms with Crippen LogP contribution in [0.4, 0.5) is 21.9 Å². The van der Waals surface area contributed by atoms with Crippen LogP contribution in [0.5, 0.6) is 0 Å². The van der Waals surface area contributed by atoms with Gasteiger partial charge in [-0.1, -0.05) is 31.0 Å². The van der Waals surface area contributed by atoms with E-state index < -0.39 is 30.0 Å². The van der Waals surface area contributed by atoms with E-state index in [1.807, 2.05) is 18.2 Å². The van der Waals surface area contributed by atoms with Crippen LogP contribution in [0.3, 0.4) is 0 Å². The summed E-state index contributed by atoms with van der Waals surface area (Å²) in [5.41, 5.74) is 2.28. The largest absolute Gasteiger partial charge is 0.453 e. The molecule has 4 rings (SSSR count). The number of carbonyl (C=O) groups excluding carboxylic acids is 5. The zero-order chi connectivity index (χ0) is 26.4. The van der Waals surface area contributed by atoms with Crippen molar-refractivity contribution in [2.45, 2.75) is 50.6 Å². The van der Waals surface area contributed by atoms with Crippen molar-refractivity contribution in [1.82, 2.24) is 10.6 Å². The van der Waals surface area contributed by atoms with Crippen molar-refractivity contribution in [1.29, 1.82) is 0 Å². The van der Waals surface area contributed by atoms with Crippen LogP contribution in [-0.4, -0.2) is 48.9 Å². The summed E-state index contributed by atoms with van der Waals surface area (Å²) in [6.07, 6.45) is 2.14. The third-order valence-electron chi connectivity index (χ3n) is 6.32. The molecule has 2 heterocycles. The van der Waals surface area contributed by atoms with Crippen LogP contribution in [0.1, 0.15) is 48.0 Å². The highest BCUT2D eigenvalue weighted by molar-refractivity contribution is 6.06. The molecule has 194 valence electrons. The fourth-order valence-corrected chi connectivity index (χ4v) is 4.36. The zero-order valence-electron chi connectivity index (χ0n) is 20.4. The molecular formula is C26H29N5O6. The van der Waals surface area contributed by atoms with E-state index in [9.17, 15) is 24.0 Å². The van der Waals surface area contributed by atoms with Crippen LogP contribution in [-0.2, 0) is 25.5 Å². The van der Waals surface area contributed by atoms with Crippen LogP contribution in [0.25, 0.3) is 0 Å². The van der Waals surface area contributed by atoms with Gasteiger partial charge in [0.2, 0.25) is 17.7 Å². The normalized spacial score (nSPS) is 19.9. The van der Waals surface area contributed by atoms with E-state index in [1.54, 1.807) is 6.07 Å². The minimum atomic E-state index is -0.881. The van der Waals surface area contributed by atoms with Gasteiger partial charge in [-0.05, 0) is 42.7 Å². The average molecular weight is 508 g/mol. The molecule has 0 radical (unpaired) electrons. The Hall–Kier alpha value is -4.41. The van der Waals surface area contributed by atoms with Gasteiger partial charge in [-0.2, -0.15) is 0 Å². The Morgan fingerprint density at radius 2 is 1.78 bits per heavy atom. The molecule has 2 aliphatic rings. The van der Waals surface area contributed by atoms with Crippen molar-refractivity contribution in [3.8, 4) is 0 Å². The molecule has 0 fully saturated rings. The summed E-state index contributed by atoms with van der Waals surface area (Å²) in [7, 11) is 1.22. The molecule has 37 heavy (non-hydrogen) atoms. The van der Waals surface area contributed by atoms with Crippen LogP contribution in [0.15, 0.2) is 42.5 Å². The maximum atomic E-state index is 13.2. The molecule has 5 amide bonds. The lowest BCUT2D eigenvalue weighted by atomic mass is 9.98. The van der Waals surface area contributed by atoms with Crippen molar-refractivity contribution in [3.63, 3.8) is 0 Å². The molecule has 11 heteroatoms. The molecule has 0 saturated heterocycles. The van der Waals surface area contributed by atoms with E-state index in [0.29, 0.717) is 37.8 Å². The number of fused-ring (bicyclic) bond motifs is 2. The summed E-state index contributed by atoms with van der Waals surface area (Å²) >= 11 is 0. The van der Waals surface area contributed by atoms with Gasteiger partial charge in [0.15, 0.2) is 0 Å². The van der Waals surface area contributed by atoms with Crippen molar-refractivity contribution < 1.29 is 28.7 Å². The summed E-state index contributed by atoms with van der Waals surface area (Å²) in [6.45, 7) is 0. The number of rotatable bonds is 3. The van der Waals surface area contributed by atoms with Gasteiger partial charge in [-0.3, -0.25) is 24.5 Å². The van der Waals surface area contributed by atoms with Crippen LogP contribution in [0, 0.1) is 0 Å². The number of hydrogen-bond donors (Lipinski definition) is 5. The third kappa shape index (κ3) is 6.43. The van der Waals surface area contributed by atoms with Crippen molar-refractivity contribution >= 4 is 46.8 Å². The maximum absolute atomic E-state index is 13.2. The molecule has 5 N–H and O–H groups in total. The first kappa shape index (κ1) is 25.7. The standard InChI is InChI=1S/C26H29N5O6/c1-37-26(36)27-16-11-12-17-20(14-16)28-22(32)10-4-2-3-9-19(30-23(17)33)24(34)31-21-13-15-7-5-6-8-18(15)29-25(21)35/h5-8,11-12,14,19,21H,2-4,9-10,13H2,1H3,(H,27,36)(H,28,32)(H,29,35)(H,30,33)(H,31,34). The van der Waals surface area contributed by atoms with Gasteiger partial charge in [0.05, 0.1) is 18.4 Å². The summed E-state index contributed by atoms with van der Waals surface area (Å²) in [6, 6.07) is 10.1. The second kappa shape index (κ2) is 11.5. The van der Waals surface area contributed by atoms with E-state index in [2.05, 4.69) is 31.3 Å². The Bertz CT molecular complexity index is 1230. The maximum Gasteiger partial charge on any atom is 0.411 e. The van der Waals surface area contributed by atoms with Crippen LogP contribution < -0.4 is 26.6 Å². The minimum Gasteiger partial charge on any atom is -0.453 e. The lowest BCUT2D eigenvalue weighted by Gasteiger charge is -2.27. The van der Waals surface area contributed by atoms with Gasteiger partial charge >= 0.3 is 6.09 Å². The summed E-state index contributed by atoms with van der Waals surface area (Å²) in [5.74, 6) is -1.61. The zero-order valence-corrected chi connectivity index (χ0v) is 20.4. The minimum absolute atomic E-state index is 0.131. The Morgan fingerprint density at radius 3 is 2.59 bits per heavy atom. The first-order valence-corrected chi connectivity index (χ1v) is 12.1. The predicted molar refractivity (Wildman–Crippen MR) is 136 cm³/mol. The van der Waals surface area contributed by atoms with E-state index in [1.165, 1.54) is 25.3 Å². The first-order chi connectivity index (χ1) is 17.8. The number of methoxy groups -OCH3 is 1. The molecule has 0 spiro atoms. The number of nitrogens with one attached hydrogen (secondary N) is 5. The fraction of sp³-hybridized carbons (Fsp3) is 0.346. The molecular weight excluding hydrogens is 478 g/mol. The summed E-state index contributed by atoms with van der Waals surface area (Å²) < 4.78 is 4.59. The monoisotopic (exact) mass is 507 g/mol. The quantitative estimate of drug-likeness (QED) is 0.430. The topological polar surface area (TPSA) is 155 Å². The van der Waals surface area contributed by atoms with Crippen molar-refractivity contribution in [3.05, 3.63) is 53.6 Å². The van der Waals surface area contributed by atoms with Gasteiger partial charge in [0.25, 0.3) is 5.91 Å². The Labute approximate surface area is 213 Å². The van der Waals surface area contributed by atoms with Gasteiger partial charge in [0.1, 0.15) is 12.1 Å². The second-order valence-corrected chi connectivity index (χ2v) is 8.96. The number of ether oxygens (including phenoxy) is 1. The van der Waals surface area contributed by atoms with E-state index in [4.69, 9.17) is 0 Å². The number of benzene rings is 2. The predicted octanol–water partition coefficient (Wildman–Crippen LogP) is 2.55. The SMILES string of the molecule is COC(=O)Nc1ccc2c(c1)NC(=O)CCCCCC(C(=O)NC1Cc3ccccc3NC1=O)NC2=O. The van der Waals surface area contributed by atoms with E-state index >= 15 is 0 Å². The Morgan fingerprint density at radius 1 is 0.973 bits per heavy atom. The summed E-state index contributed by atoms with van der Waals surface area (Å²) in [4.78, 5) is 63.0. The lowest BCUT2D eigenvalue weighted by molar-refractivity contribution is -0.128. The number of amides is 5. The molecule has 0 aromatic heterocycles. The Balaban J connectivity index is 1.53. The van der Waals surface area contributed by atoms with E-state index in [0.717, 1.165) is 11.3 Å². The highest BCUT2D eigenvalue weighted by atomic mass is 16.5. The molecule has 0 bridgehead atoms. The first-order valence-electron chi connectivity index (χ1n) is 12.1. The molecule has 11 nitrogen and oxygen atoms in total. The molecule has 0 saturated carbocycles. The molecule has 2 aromatic carbocycles. The average Bonchev–Trinajstić information content (AvgIpc) is 2.87. The van der Waals surface area contributed by atoms with Gasteiger partial charge < -0.3 is 26.0 Å². The Kier molecular flexibility index (Phi) is 8.02. The smallest absolute Gasteiger partial charge is 0.411 e. The molecule has 2 aromatic rings. The molecule has 2 atom stereocenters. The van der Waals surface area contributed by atoms with Crippen molar-refractivity contribution in [2.24, 2.45) is 0 Å². The number of anilines is 3. The van der Waals surface area contributed by atoms with Crippen LogP contribution >= 0.6 is 0 Å². The summed E-state index contributed by atoms with van der Waals surface area (Å²) in [5, 5.41) is 13.6. The van der Waals surface area contributed by atoms with Gasteiger partial charge in [-0.15, -0.1) is 0 Å². The van der Waals surface area contributed by atoms with Crippen LogP contribution in [0.2, 0.25) is 0 Å². The second-order valence-electron chi connectivity index (χ2n) is 8.96. The highest BCUT2D eigenvalue weighted by Crippen LogP contribution is 2.24. The van der Waals surface area contributed by atoms with Gasteiger partial charge in [0, 0.05) is 24.2 Å². The highest BCUT2D eigenvalue weighted by Gasteiger charge is 2.31. The molecule has 2 unspecified atom stereocenters. The number of para-hydroxylation sites is 1. The lowest BCUT2D eigenvalue weighted by Crippen LogP contribution is -2.54. The van der Waals surface area contributed by atoms with Gasteiger partial charge in [-0.25, -0.2) is 4.79 Å². The number of hydrogen-bond acceptors (Lipinski definition) is 6.